The van der Waals surface area contributed by atoms with Gasteiger partial charge in [0.25, 0.3) is 0 Å². The van der Waals surface area contributed by atoms with Gasteiger partial charge in [-0.05, 0) is 45.1 Å². The minimum atomic E-state index is -0.809. The van der Waals surface area contributed by atoms with E-state index < -0.39 is 11.9 Å². The minimum Gasteiger partial charge on any atom is -0.493 e. The Balaban J connectivity index is 2.30. The Labute approximate surface area is 108 Å². The average molecular weight is 248 g/mol. The lowest BCUT2D eigenvalue weighted by atomic mass is 9.95. The van der Waals surface area contributed by atoms with Gasteiger partial charge in [-0.2, -0.15) is 0 Å². The van der Waals surface area contributed by atoms with Gasteiger partial charge >= 0.3 is 5.97 Å². The van der Waals surface area contributed by atoms with Crippen molar-refractivity contribution >= 4 is 5.97 Å². The van der Waals surface area contributed by atoms with Gasteiger partial charge in [-0.15, -0.1) is 0 Å². The van der Waals surface area contributed by atoms with Crippen molar-refractivity contribution in [2.45, 2.75) is 39.5 Å². The number of benzene rings is 1. The Bertz CT molecular complexity index is 461. The number of aryl methyl sites for hydroxylation is 2. The van der Waals surface area contributed by atoms with Crippen LogP contribution in [-0.2, 0) is 4.79 Å². The van der Waals surface area contributed by atoms with Crippen molar-refractivity contribution in [3.8, 4) is 5.75 Å². The van der Waals surface area contributed by atoms with E-state index in [1.165, 1.54) is 12.8 Å². The topological polar surface area (TPSA) is 46.5 Å². The molecule has 1 saturated carbocycles. The van der Waals surface area contributed by atoms with E-state index >= 15 is 0 Å². The fourth-order valence-corrected chi connectivity index (χ4v) is 2.12. The van der Waals surface area contributed by atoms with Gasteiger partial charge in [-0.1, -0.05) is 17.7 Å². The van der Waals surface area contributed by atoms with Crippen LogP contribution in [0.4, 0.5) is 0 Å². The Morgan fingerprint density at radius 3 is 2.67 bits per heavy atom. The maximum atomic E-state index is 11.2. The molecule has 3 nitrogen and oxygen atoms in total. The van der Waals surface area contributed by atoms with Crippen molar-refractivity contribution in [2.24, 2.45) is 5.92 Å². The minimum absolute atomic E-state index is 0.530. The molecule has 0 amide bonds. The molecule has 1 aromatic rings. The molecule has 0 saturated heterocycles. The summed E-state index contributed by atoms with van der Waals surface area (Å²) in [5, 5.41) is 9.18. The van der Waals surface area contributed by atoms with Crippen LogP contribution in [0.15, 0.2) is 12.1 Å². The molecule has 1 fully saturated rings. The zero-order valence-corrected chi connectivity index (χ0v) is 11.2. The molecule has 0 heterocycles. The Kier molecular flexibility index (Phi) is 3.60. The predicted octanol–water partition coefficient (Wildman–Crippen LogP) is 3.28. The first kappa shape index (κ1) is 12.9. The summed E-state index contributed by atoms with van der Waals surface area (Å²) in [6.07, 6.45) is 2.46. The average Bonchev–Trinajstić information content (AvgIpc) is 3.09. The second-order valence-corrected chi connectivity index (χ2v) is 5.31. The third-order valence-corrected chi connectivity index (χ3v) is 3.44. The monoisotopic (exact) mass is 248 g/mol. The first-order chi connectivity index (χ1) is 8.49. The van der Waals surface area contributed by atoms with Crippen molar-refractivity contribution in [1.82, 2.24) is 0 Å². The van der Waals surface area contributed by atoms with Crippen LogP contribution >= 0.6 is 0 Å². The smallest absolute Gasteiger partial charge is 0.310 e. The summed E-state index contributed by atoms with van der Waals surface area (Å²) in [6, 6.07) is 3.97. The number of hydrogen-bond acceptors (Lipinski definition) is 2. The Morgan fingerprint density at radius 2 is 2.11 bits per heavy atom. The zero-order valence-electron chi connectivity index (χ0n) is 11.2. The number of hydrogen-bond donors (Lipinski definition) is 1. The van der Waals surface area contributed by atoms with Gasteiger partial charge in [-0.3, -0.25) is 4.79 Å². The van der Waals surface area contributed by atoms with Crippen LogP contribution in [-0.4, -0.2) is 17.7 Å². The van der Waals surface area contributed by atoms with Crippen molar-refractivity contribution in [2.75, 3.05) is 6.61 Å². The fourth-order valence-electron chi connectivity index (χ4n) is 2.12. The van der Waals surface area contributed by atoms with Crippen molar-refractivity contribution in [1.29, 1.82) is 0 Å². The summed E-state index contributed by atoms with van der Waals surface area (Å²) >= 11 is 0. The lowest BCUT2D eigenvalue weighted by Crippen LogP contribution is -2.12. The number of carbonyl (C=O) groups is 1. The van der Waals surface area contributed by atoms with Gasteiger partial charge in [0.1, 0.15) is 5.75 Å². The van der Waals surface area contributed by atoms with E-state index in [0.29, 0.717) is 12.5 Å². The summed E-state index contributed by atoms with van der Waals surface area (Å²) in [7, 11) is 0. The maximum absolute atomic E-state index is 11.2. The van der Waals surface area contributed by atoms with Gasteiger partial charge in [0, 0.05) is 5.56 Å². The third-order valence-electron chi connectivity index (χ3n) is 3.44. The molecule has 0 radical (unpaired) electrons. The van der Waals surface area contributed by atoms with Crippen molar-refractivity contribution < 1.29 is 14.6 Å². The second-order valence-electron chi connectivity index (χ2n) is 5.31. The van der Waals surface area contributed by atoms with E-state index in [2.05, 4.69) is 0 Å². The summed E-state index contributed by atoms with van der Waals surface area (Å²) in [4.78, 5) is 11.2. The van der Waals surface area contributed by atoms with E-state index in [0.717, 1.165) is 22.4 Å². The SMILES string of the molecule is Cc1cc(C)c(OCC2CC2)c(C(C)C(=O)O)c1. The molecule has 1 unspecified atom stereocenters. The van der Waals surface area contributed by atoms with Crippen LogP contribution in [0.25, 0.3) is 0 Å². The molecule has 1 aliphatic rings. The molecule has 98 valence electrons. The highest BCUT2D eigenvalue weighted by molar-refractivity contribution is 5.77. The molecule has 2 rings (SSSR count). The molecule has 0 bridgehead atoms. The molecule has 1 N–H and O–H groups in total. The zero-order chi connectivity index (χ0) is 13.3. The molecule has 1 atom stereocenters. The molecular weight excluding hydrogens is 228 g/mol. The van der Waals surface area contributed by atoms with Crippen LogP contribution in [0.2, 0.25) is 0 Å². The van der Waals surface area contributed by atoms with Gasteiger partial charge < -0.3 is 9.84 Å². The molecule has 0 aliphatic heterocycles. The standard InChI is InChI=1S/C15H20O3/c1-9-6-10(2)14(18-8-12-4-5-12)13(7-9)11(3)15(16)17/h6-7,11-12H,4-5,8H2,1-3H3,(H,16,17). The van der Waals surface area contributed by atoms with Gasteiger partial charge in [-0.25, -0.2) is 0 Å². The van der Waals surface area contributed by atoms with Crippen LogP contribution in [0.1, 0.15) is 42.4 Å². The van der Waals surface area contributed by atoms with E-state index in [1.807, 2.05) is 26.0 Å². The van der Waals surface area contributed by atoms with Crippen molar-refractivity contribution in [3.63, 3.8) is 0 Å². The lowest BCUT2D eigenvalue weighted by molar-refractivity contribution is -0.138. The lowest BCUT2D eigenvalue weighted by Gasteiger charge is -2.17. The molecule has 18 heavy (non-hydrogen) atoms. The number of ether oxygens (including phenoxy) is 1. The van der Waals surface area contributed by atoms with E-state index in [4.69, 9.17) is 4.74 Å². The quantitative estimate of drug-likeness (QED) is 0.869. The van der Waals surface area contributed by atoms with E-state index in [9.17, 15) is 9.90 Å². The van der Waals surface area contributed by atoms with Gasteiger partial charge in [0.2, 0.25) is 0 Å². The largest absolute Gasteiger partial charge is 0.493 e. The molecule has 3 heteroatoms. The third kappa shape index (κ3) is 2.84. The molecule has 1 aromatic carbocycles. The van der Waals surface area contributed by atoms with Crippen LogP contribution in [0, 0.1) is 19.8 Å². The van der Waals surface area contributed by atoms with Crippen LogP contribution in [0.3, 0.4) is 0 Å². The highest BCUT2D eigenvalue weighted by Crippen LogP contribution is 2.35. The Morgan fingerprint density at radius 1 is 1.44 bits per heavy atom. The molecule has 1 aliphatic carbocycles. The summed E-state index contributed by atoms with van der Waals surface area (Å²) in [5.74, 6) is 0.0927. The molecule has 0 aromatic heterocycles. The van der Waals surface area contributed by atoms with Crippen LogP contribution in [0.5, 0.6) is 5.75 Å². The van der Waals surface area contributed by atoms with Gasteiger partial charge in [0.05, 0.1) is 12.5 Å². The fraction of sp³-hybridized carbons (Fsp3) is 0.533. The van der Waals surface area contributed by atoms with Gasteiger partial charge in [0.15, 0.2) is 0 Å². The number of carboxylic acids is 1. The summed E-state index contributed by atoms with van der Waals surface area (Å²) in [6.45, 7) is 6.38. The van der Waals surface area contributed by atoms with E-state index in [-0.39, 0.29) is 0 Å². The molecule has 0 spiro atoms. The Hall–Kier alpha value is -1.51. The molecular formula is C15H20O3. The van der Waals surface area contributed by atoms with Crippen LogP contribution < -0.4 is 4.74 Å². The summed E-state index contributed by atoms with van der Waals surface area (Å²) < 4.78 is 5.85. The highest BCUT2D eigenvalue weighted by Gasteiger charge is 2.25. The van der Waals surface area contributed by atoms with Crippen molar-refractivity contribution in [3.05, 3.63) is 28.8 Å². The van der Waals surface area contributed by atoms with E-state index in [1.54, 1.807) is 6.92 Å². The number of rotatable bonds is 5. The second kappa shape index (κ2) is 5.01. The first-order valence-corrected chi connectivity index (χ1v) is 6.45. The first-order valence-electron chi connectivity index (χ1n) is 6.45. The predicted molar refractivity (Wildman–Crippen MR) is 70.2 cm³/mol. The summed E-state index contributed by atoms with van der Waals surface area (Å²) in [5.41, 5.74) is 2.90. The highest BCUT2D eigenvalue weighted by atomic mass is 16.5. The number of carboxylic acid groups (broad SMARTS) is 1. The number of aliphatic carboxylic acids is 1. The normalized spacial score (nSPS) is 16.4. The maximum Gasteiger partial charge on any atom is 0.310 e.